The van der Waals surface area contributed by atoms with Crippen molar-refractivity contribution >= 4 is 23.5 Å². The third kappa shape index (κ3) is 2.49. The first-order valence-corrected chi connectivity index (χ1v) is 7.12. The number of fused-ring (bicyclic) bond motifs is 1. The van der Waals surface area contributed by atoms with E-state index in [1.54, 1.807) is 24.3 Å². The summed E-state index contributed by atoms with van der Waals surface area (Å²) in [5.41, 5.74) is 0.540. The van der Waals surface area contributed by atoms with E-state index in [2.05, 4.69) is 0 Å². The molecule has 1 aromatic rings. The maximum atomic E-state index is 12.4. The van der Waals surface area contributed by atoms with E-state index in [0.717, 1.165) is 0 Å². The Kier molecular flexibility index (Phi) is 3.70. The molecule has 2 heterocycles. The van der Waals surface area contributed by atoms with Crippen LogP contribution < -0.4 is 9.64 Å². The molecular formula is C15H16N2O5. The molecule has 1 fully saturated rings. The maximum absolute atomic E-state index is 12.4. The number of anilines is 1. The van der Waals surface area contributed by atoms with Crippen molar-refractivity contribution in [1.82, 2.24) is 4.90 Å². The van der Waals surface area contributed by atoms with E-state index >= 15 is 0 Å². The van der Waals surface area contributed by atoms with Gasteiger partial charge >= 0.3 is 5.97 Å². The van der Waals surface area contributed by atoms with Crippen LogP contribution in [0.3, 0.4) is 0 Å². The Balaban J connectivity index is 1.79. The fraction of sp³-hybridized carbons (Fsp3) is 0.400. The Labute approximate surface area is 127 Å². The van der Waals surface area contributed by atoms with E-state index in [0.29, 0.717) is 30.8 Å². The lowest BCUT2D eigenvalue weighted by Crippen LogP contribution is -2.49. The van der Waals surface area contributed by atoms with Crippen molar-refractivity contribution < 1.29 is 24.2 Å². The summed E-state index contributed by atoms with van der Waals surface area (Å²) in [5, 5.41) is 9.15. The van der Waals surface area contributed by atoms with E-state index in [1.165, 1.54) is 9.80 Å². The second-order valence-corrected chi connectivity index (χ2v) is 5.32. The number of carboxylic acids is 1. The maximum Gasteiger partial charge on any atom is 0.326 e. The zero-order valence-electron chi connectivity index (χ0n) is 11.9. The van der Waals surface area contributed by atoms with Crippen molar-refractivity contribution in [2.75, 3.05) is 24.6 Å². The minimum absolute atomic E-state index is 0.118. The highest BCUT2D eigenvalue weighted by atomic mass is 16.5. The standard InChI is InChI=1S/C15H16N2O5/c18-13(16-7-3-5-11(16)15(20)21)8-17-10-4-1-2-6-12(10)22-9-14(17)19/h1-2,4,6,11H,3,5,7-9H2,(H,20,21)/t11-/m0/s1. The third-order valence-corrected chi connectivity index (χ3v) is 3.96. The number of para-hydroxylation sites is 2. The van der Waals surface area contributed by atoms with Gasteiger partial charge in [-0.05, 0) is 25.0 Å². The van der Waals surface area contributed by atoms with Gasteiger partial charge in [0.25, 0.3) is 5.91 Å². The molecule has 0 aromatic heterocycles. The van der Waals surface area contributed by atoms with Crippen molar-refractivity contribution in [2.45, 2.75) is 18.9 Å². The molecule has 22 heavy (non-hydrogen) atoms. The molecule has 3 rings (SSSR count). The van der Waals surface area contributed by atoms with Crippen LogP contribution in [0.1, 0.15) is 12.8 Å². The van der Waals surface area contributed by atoms with Crippen LogP contribution in [-0.4, -0.2) is 53.5 Å². The zero-order valence-corrected chi connectivity index (χ0v) is 11.9. The van der Waals surface area contributed by atoms with Gasteiger partial charge in [0, 0.05) is 6.54 Å². The molecule has 1 saturated heterocycles. The van der Waals surface area contributed by atoms with E-state index in [-0.39, 0.29) is 25.0 Å². The van der Waals surface area contributed by atoms with Gasteiger partial charge in [0.15, 0.2) is 6.61 Å². The predicted octanol–water partition coefficient (Wildman–Crippen LogP) is 0.488. The first-order valence-electron chi connectivity index (χ1n) is 7.12. The highest BCUT2D eigenvalue weighted by Gasteiger charge is 2.36. The monoisotopic (exact) mass is 304 g/mol. The zero-order chi connectivity index (χ0) is 15.7. The van der Waals surface area contributed by atoms with Gasteiger partial charge in [-0.1, -0.05) is 12.1 Å². The second kappa shape index (κ2) is 5.67. The van der Waals surface area contributed by atoms with Gasteiger partial charge in [0.05, 0.1) is 5.69 Å². The fourth-order valence-electron chi connectivity index (χ4n) is 2.88. The van der Waals surface area contributed by atoms with Gasteiger partial charge in [-0.2, -0.15) is 0 Å². The number of aliphatic carboxylic acids is 1. The molecule has 2 aliphatic rings. The number of nitrogens with zero attached hydrogens (tertiary/aromatic N) is 2. The predicted molar refractivity (Wildman–Crippen MR) is 76.7 cm³/mol. The van der Waals surface area contributed by atoms with E-state index < -0.39 is 12.0 Å². The Morgan fingerprint density at radius 1 is 1.32 bits per heavy atom. The largest absolute Gasteiger partial charge is 0.482 e. The Bertz CT molecular complexity index is 630. The van der Waals surface area contributed by atoms with Gasteiger partial charge in [0.1, 0.15) is 18.3 Å². The molecule has 7 heteroatoms. The van der Waals surface area contributed by atoms with Crippen molar-refractivity contribution in [3.63, 3.8) is 0 Å². The average Bonchev–Trinajstić information content (AvgIpc) is 3.00. The average molecular weight is 304 g/mol. The number of benzene rings is 1. The molecule has 0 spiro atoms. The van der Waals surface area contributed by atoms with Gasteiger partial charge in [-0.3, -0.25) is 14.5 Å². The van der Waals surface area contributed by atoms with Crippen molar-refractivity contribution in [1.29, 1.82) is 0 Å². The lowest BCUT2D eigenvalue weighted by Gasteiger charge is -2.31. The van der Waals surface area contributed by atoms with Crippen LogP contribution in [0.15, 0.2) is 24.3 Å². The van der Waals surface area contributed by atoms with Crippen LogP contribution in [0.2, 0.25) is 0 Å². The Morgan fingerprint density at radius 2 is 2.09 bits per heavy atom. The van der Waals surface area contributed by atoms with Crippen LogP contribution in [0.25, 0.3) is 0 Å². The molecule has 2 amide bonds. The summed E-state index contributed by atoms with van der Waals surface area (Å²) >= 11 is 0. The van der Waals surface area contributed by atoms with E-state index in [9.17, 15) is 14.4 Å². The summed E-state index contributed by atoms with van der Waals surface area (Å²) in [6.45, 7) is 0.131. The minimum Gasteiger partial charge on any atom is -0.482 e. The molecule has 7 nitrogen and oxygen atoms in total. The molecule has 0 aliphatic carbocycles. The number of likely N-dealkylation sites (tertiary alicyclic amines) is 1. The number of ether oxygens (including phenoxy) is 1. The molecule has 1 aromatic carbocycles. The number of rotatable bonds is 3. The lowest BCUT2D eigenvalue weighted by molar-refractivity contribution is -0.147. The van der Waals surface area contributed by atoms with E-state index in [1.807, 2.05) is 0 Å². The summed E-state index contributed by atoms with van der Waals surface area (Å²) in [4.78, 5) is 38.3. The lowest BCUT2D eigenvalue weighted by atomic mass is 10.2. The van der Waals surface area contributed by atoms with Gasteiger partial charge in [-0.15, -0.1) is 0 Å². The summed E-state index contributed by atoms with van der Waals surface area (Å²) in [7, 11) is 0. The van der Waals surface area contributed by atoms with Crippen LogP contribution >= 0.6 is 0 Å². The third-order valence-electron chi connectivity index (χ3n) is 3.96. The van der Waals surface area contributed by atoms with Crippen LogP contribution in [0.5, 0.6) is 5.75 Å². The summed E-state index contributed by atoms with van der Waals surface area (Å²) < 4.78 is 5.32. The summed E-state index contributed by atoms with van der Waals surface area (Å²) in [6, 6.07) is 6.19. The second-order valence-electron chi connectivity index (χ2n) is 5.32. The van der Waals surface area contributed by atoms with Crippen LogP contribution in [0, 0.1) is 0 Å². The molecule has 0 bridgehead atoms. The number of amides is 2. The topological polar surface area (TPSA) is 87.2 Å². The normalized spacial score (nSPS) is 20.5. The van der Waals surface area contributed by atoms with Crippen molar-refractivity contribution in [3.05, 3.63) is 24.3 Å². The first kappa shape index (κ1) is 14.4. The van der Waals surface area contributed by atoms with Crippen LogP contribution in [-0.2, 0) is 14.4 Å². The van der Waals surface area contributed by atoms with Crippen molar-refractivity contribution in [3.8, 4) is 5.75 Å². The highest BCUT2D eigenvalue weighted by Crippen LogP contribution is 2.31. The molecular weight excluding hydrogens is 288 g/mol. The van der Waals surface area contributed by atoms with Crippen LogP contribution in [0.4, 0.5) is 5.69 Å². The molecule has 0 radical (unpaired) electrons. The number of carbonyl (C=O) groups excluding carboxylic acids is 2. The SMILES string of the molecule is O=C(O)[C@@H]1CCCN1C(=O)CN1C(=O)COc2ccccc21. The summed E-state index contributed by atoms with van der Waals surface area (Å²) in [6.07, 6.45) is 1.12. The Morgan fingerprint density at radius 3 is 2.86 bits per heavy atom. The number of carbonyl (C=O) groups is 3. The van der Waals surface area contributed by atoms with E-state index in [4.69, 9.17) is 9.84 Å². The molecule has 0 unspecified atom stereocenters. The smallest absolute Gasteiger partial charge is 0.326 e. The molecule has 1 N–H and O–H groups in total. The highest BCUT2D eigenvalue weighted by molar-refractivity contribution is 6.02. The minimum atomic E-state index is -1.00. The quantitative estimate of drug-likeness (QED) is 0.878. The molecule has 1 atom stereocenters. The number of hydrogen-bond acceptors (Lipinski definition) is 4. The number of hydrogen-bond donors (Lipinski definition) is 1. The summed E-state index contributed by atoms with van der Waals surface area (Å²) in [5.74, 6) is -1.11. The molecule has 0 saturated carbocycles. The number of carboxylic acid groups (broad SMARTS) is 1. The Hall–Kier alpha value is -2.57. The van der Waals surface area contributed by atoms with Gasteiger partial charge < -0.3 is 14.7 Å². The van der Waals surface area contributed by atoms with Gasteiger partial charge in [0.2, 0.25) is 5.91 Å². The van der Waals surface area contributed by atoms with Crippen molar-refractivity contribution in [2.24, 2.45) is 0 Å². The molecule has 116 valence electrons. The fourth-order valence-corrected chi connectivity index (χ4v) is 2.88. The van der Waals surface area contributed by atoms with Gasteiger partial charge in [-0.25, -0.2) is 4.79 Å². The molecule has 2 aliphatic heterocycles. The first-order chi connectivity index (χ1) is 10.6.